The molecule has 0 radical (unpaired) electrons. The number of fused-ring (bicyclic) bond motifs is 1. The molecule has 1 aliphatic heterocycles. The van der Waals surface area contributed by atoms with Crippen LogP contribution in [0.25, 0.3) is 0 Å². The summed E-state index contributed by atoms with van der Waals surface area (Å²) in [5.41, 5.74) is 1.02. The number of carbonyl (C=O) groups is 2. The highest BCUT2D eigenvalue weighted by Gasteiger charge is 2.35. The van der Waals surface area contributed by atoms with Gasteiger partial charge in [0.25, 0.3) is 10.0 Å². The first kappa shape index (κ1) is 23.6. The van der Waals surface area contributed by atoms with Gasteiger partial charge in [-0.3, -0.25) is 9.52 Å². The quantitative estimate of drug-likeness (QED) is 0.591. The Balaban J connectivity index is 1.94. The molecule has 0 fully saturated rings. The van der Waals surface area contributed by atoms with E-state index in [2.05, 4.69) is 4.72 Å². The first-order valence-electron chi connectivity index (χ1n) is 9.95. The van der Waals surface area contributed by atoms with Crippen LogP contribution in [0, 0.1) is 5.92 Å². The zero-order valence-corrected chi connectivity index (χ0v) is 20.0. The van der Waals surface area contributed by atoms with E-state index in [9.17, 15) is 18.0 Å². The van der Waals surface area contributed by atoms with E-state index in [0.29, 0.717) is 40.5 Å². The molecule has 0 unspecified atom stereocenters. The van der Waals surface area contributed by atoms with Gasteiger partial charge in [-0.15, -0.1) is 11.3 Å². The van der Waals surface area contributed by atoms with E-state index in [0.717, 1.165) is 17.8 Å². The molecule has 0 spiro atoms. The number of sulfonamides is 1. The lowest BCUT2D eigenvalue weighted by Crippen LogP contribution is -2.36. The Morgan fingerprint density at radius 1 is 1.29 bits per heavy atom. The summed E-state index contributed by atoms with van der Waals surface area (Å²) in [5, 5.41) is 0.479. The van der Waals surface area contributed by atoms with Gasteiger partial charge in [-0.2, -0.15) is 0 Å². The summed E-state index contributed by atoms with van der Waals surface area (Å²) in [6.07, 6.45) is 1.76. The predicted molar refractivity (Wildman–Crippen MR) is 121 cm³/mol. The second kappa shape index (κ2) is 9.58. The molecule has 0 saturated carbocycles. The highest BCUT2D eigenvalue weighted by atomic mass is 35.5. The zero-order chi connectivity index (χ0) is 22.8. The molecule has 31 heavy (non-hydrogen) atoms. The van der Waals surface area contributed by atoms with Gasteiger partial charge in [-0.05, 0) is 42.2 Å². The van der Waals surface area contributed by atoms with Gasteiger partial charge in [0.15, 0.2) is 4.21 Å². The van der Waals surface area contributed by atoms with Crippen LogP contribution in [-0.2, 0) is 32.5 Å². The maximum atomic E-state index is 13.1. The molecule has 2 heterocycles. The van der Waals surface area contributed by atoms with Crippen molar-refractivity contribution in [2.24, 2.45) is 5.92 Å². The van der Waals surface area contributed by atoms with Gasteiger partial charge < -0.3 is 9.64 Å². The first-order valence-corrected chi connectivity index (χ1v) is 12.6. The summed E-state index contributed by atoms with van der Waals surface area (Å²) < 4.78 is 33.5. The van der Waals surface area contributed by atoms with Crippen molar-refractivity contribution in [3.05, 3.63) is 45.3 Å². The van der Waals surface area contributed by atoms with Crippen LogP contribution in [0.4, 0.5) is 5.69 Å². The lowest BCUT2D eigenvalue weighted by Gasteiger charge is -2.28. The van der Waals surface area contributed by atoms with Gasteiger partial charge in [0.1, 0.15) is 0 Å². The number of anilines is 1. The number of halogens is 1. The Hall–Kier alpha value is -2.10. The minimum absolute atomic E-state index is 0.0386. The number of methoxy groups -OCH3 is 1. The van der Waals surface area contributed by atoms with E-state index in [4.69, 9.17) is 16.3 Å². The Labute approximate surface area is 191 Å². The number of ether oxygens (including phenoxy) is 1. The molecule has 1 aromatic carbocycles. The van der Waals surface area contributed by atoms with Crippen LogP contribution < -0.4 is 4.72 Å². The fraction of sp³-hybridized carbons (Fsp3) is 0.429. The number of nitrogens with zero attached hydrogens (tertiary/aromatic N) is 1. The third kappa shape index (κ3) is 5.22. The van der Waals surface area contributed by atoms with Crippen molar-refractivity contribution in [1.29, 1.82) is 0 Å². The normalized spacial score (nSPS) is 14.6. The SMILES string of the molecule is CC[C@@H](C)CC(=O)N1CCc2c(sc(S(=O)(=O)Nc3ccc(Cl)cc3)c2C(=O)OC)C1. The third-order valence-electron chi connectivity index (χ3n) is 5.33. The second-order valence-electron chi connectivity index (χ2n) is 7.55. The summed E-state index contributed by atoms with van der Waals surface area (Å²) in [6.45, 7) is 4.79. The van der Waals surface area contributed by atoms with Gasteiger partial charge >= 0.3 is 5.97 Å². The summed E-state index contributed by atoms with van der Waals surface area (Å²) in [7, 11) is -2.82. The van der Waals surface area contributed by atoms with E-state index in [1.54, 1.807) is 29.2 Å². The maximum Gasteiger partial charge on any atom is 0.340 e. The molecule has 1 atom stereocenters. The van der Waals surface area contributed by atoms with E-state index in [1.165, 1.54) is 7.11 Å². The highest BCUT2D eigenvalue weighted by molar-refractivity contribution is 7.94. The molecule has 1 aliphatic rings. The molecule has 1 amide bonds. The van der Waals surface area contributed by atoms with E-state index >= 15 is 0 Å². The standard InChI is InChI=1S/C21H25ClN2O5S2/c1-4-13(2)11-18(25)24-10-9-16-17(12-24)30-21(19(16)20(26)29-3)31(27,28)23-15-7-5-14(22)6-8-15/h5-8,13,23H,4,9-12H2,1-3H3/t13-/m1/s1. The number of hydrogen-bond donors (Lipinski definition) is 1. The Kier molecular flexibility index (Phi) is 7.28. The number of rotatable bonds is 7. The molecule has 2 aromatic rings. The molecule has 7 nitrogen and oxygen atoms in total. The summed E-state index contributed by atoms with van der Waals surface area (Å²) in [6, 6.07) is 6.22. The molecule has 0 saturated heterocycles. The van der Waals surface area contributed by atoms with Crippen LogP contribution in [0.5, 0.6) is 0 Å². The molecule has 1 aromatic heterocycles. The first-order chi connectivity index (χ1) is 14.7. The number of amides is 1. The smallest absolute Gasteiger partial charge is 0.340 e. The van der Waals surface area contributed by atoms with Gasteiger partial charge in [-0.25, -0.2) is 13.2 Å². The Morgan fingerprint density at radius 2 is 1.97 bits per heavy atom. The molecular formula is C21H25ClN2O5S2. The molecule has 168 valence electrons. The molecule has 0 bridgehead atoms. The second-order valence-corrected chi connectivity index (χ2v) is 11.0. The number of hydrogen-bond acceptors (Lipinski definition) is 6. The lowest BCUT2D eigenvalue weighted by atomic mass is 10.0. The van der Waals surface area contributed by atoms with Crippen molar-refractivity contribution in [2.75, 3.05) is 18.4 Å². The topological polar surface area (TPSA) is 92.8 Å². The lowest BCUT2D eigenvalue weighted by molar-refractivity contribution is -0.133. The van der Waals surface area contributed by atoms with Crippen LogP contribution in [0.2, 0.25) is 5.02 Å². The van der Waals surface area contributed by atoms with E-state index < -0.39 is 16.0 Å². The van der Waals surface area contributed by atoms with Crippen LogP contribution in [-0.4, -0.2) is 38.8 Å². The average Bonchev–Trinajstić information content (AvgIpc) is 3.14. The molecule has 1 N–H and O–H groups in total. The summed E-state index contributed by atoms with van der Waals surface area (Å²) >= 11 is 6.87. The van der Waals surface area contributed by atoms with Gasteiger partial charge in [0.2, 0.25) is 5.91 Å². The highest BCUT2D eigenvalue weighted by Crippen LogP contribution is 2.37. The van der Waals surface area contributed by atoms with Crippen molar-refractivity contribution in [2.45, 2.75) is 43.9 Å². The minimum Gasteiger partial charge on any atom is -0.465 e. The summed E-state index contributed by atoms with van der Waals surface area (Å²) in [5.74, 6) is -0.382. The number of nitrogens with one attached hydrogen (secondary N) is 1. The van der Waals surface area contributed by atoms with Gasteiger partial charge in [0.05, 0.1) is 19.2 Å². The maximum absolute atomic E-state index is 13.1. The van der Waals surface area contributed by atoms with Crippen molar-refractivity contribution in [3.8, 4) is 0 Å². The van der Waals surface area contributed by atoms with Crippen molar-refractivity contribution in [3.63, 3.8) is 0 Å². The van der Waals surface area contributed by atoms with Crippen LogP contribution in [0.1, 0.15) is 47.5 Å². The van der Waals surface area contributed by atoms with Crippen molar-refractivity contribution in [1.82, 2.24) is 4.90 Å². The Morgan fingerprint density at radius 3 is 2.58 bits per heavy atom. The third-order valence-corrected chi connectivity index (χ3v) is 8.70. The number of carbonyl (C=O) groups excluding carboxylic acids is 2. The van der Waals surface area contributed by atoms with Crippen LogP contribution >= 0.6 is 22.9 Å². The predicted octanol–water partition coefficient (Wildman–Crippen LogP) is 4.31. The van der Waals surface area contributed by atoms with Crippen LogP contribution in [0.15, 0.2) is 28.5 Å². The fourth-order valence-electron chi connectivity index (χ4n) is 3.38. The zero-order valence-electron chi connectivity index (χ0n) is 17.6. The average molecular weight is 485 g/mol. The van der Waals surface area contributed by atoms with Gasteiger partial charge in [-0.1, -0.05) is 31.9 Å². The fourth-order valence-corrected chi connectivity index (χ4v) is 6.47. The molecule has 10 heteroatoms. The largest absolute Gasteiger partial charge is 0.465 e. The molecule has 0 aliphatic carbocycles. The number of benzene rings is 1. The van der Waals surface area contributed by atoms with Gasteiger partial charge in [0, 0.05) is 28.6 Å². The van der Waals surface area contributed by atoms with Crippen molar-refractivity contribution < 1.29 is 22.7 Å². The Bertz CT molecular complexity index is 1080. The van der Waals surface area contributed by atoms with Crippen molar-refractivity contribution >= 4 is 50.5 Å². The number of esters is 1. The number of thiophene rings is 1. The summed E-state index contributed by atoms with van der Waals surface area (Å²) in [4.78, 5) is 27.6. The van der Waals surface area contributed by atoms with E-state index in [-0.39, 0.29) is 28.1 Å². The molecular weight excluding hydrogens is 460 g/mol. The minimum atomic E-state index is -4.05. The monoisotopic (exact) mass is 484 g/mol. The van der Waals surface area contributed by atoms with E-state index in [1.807, 2.05) is 13.8 Å². The van der Waals surface area contributed by atoms with Crippen LogP contribution in [0.3, 0.4) is 0 Å². The molecule has 3 rings (SSSR count).